The van der Waals surface area contributed by atoms with Gasteiger partial charge in [-0.05, 0) is 6.42 Å². The molecule has 0 unspecified atom stereocenters. The maximum atomic E-state index is 11.7. The SMILES string of the molecule is CC[C@@H](CO)NC(=O)Cc1cn2ccsc2n1. The zero-order valence-corrected chi connectivity index (χ0v) is 10.4. The largest absolute Gasteiger partial charge is 0.394 e. The number of carbonyl (C=O) groups is 1. The van der Waals surface area contributed by atoms with Crippen molar-refractivity contribution in [3.05, 3.63) is 23.5 Å². The van der Waals surface area contributed by atoms with Gasteiger partial charge in [-0.15, -0.1) is 11.3 Å². The molecule has 0 aromatic carbocycles. The van der Waals surface area contributed by atoms with Crippen molar-refractivity contribution in [2.24, 2.45) is 0 Å². The number of aromatic nitrogens is 2. The van der Waals surface area contributed by atoms with E-state index in [1.807, 2.05) is 29.1 Å². The Bertz CT molecular complexity index is 473. The Hall–Kier alpha value is -1.40. The average Bonchev–Trinajstić information content (AvgIpc) is 2.86. The summed E-state index contributed by atoms with van der Waals surface area (Å²) in [4.78, 5) is 16.9. The van der Waals surface area contributed by atoms with Gasteiger partial charge in [0.05, 0.1) is 24.8 Å². The Labute approximate surface area is 103 Å². The minimum Gasteiger partial charge on any atom is -0.394 e. The molecule has 2 aromatic rings. The maximum absolute atomic E-state index is 11.7. The van der Waals surface area contributed by atoms with Crippen molar-refractivity contribution in [1.82, 2.24) is 14.7 Å². The summed E-state index contributed by atoms with van der Waals surface area (Å²) in [6, 6.07) is -0.161. The molecule has 6 heteroatoms. The van der Waals surface area contributed by atoms with Crippen molar-refractivity contribution < 1.29 is 9.90 Å². The number of amides is 1. The highest BCUT2D eigenvalue weighted by Crippen LogP contribution is 2.11. The van der Waals surface area contributed by atoms with E-state index in [0.29, 0.717) is 0 Å². The van der Waals surface area contributed by atoms with Crippen LogP contribution in [0.2, 0.25) is 0 Å². The van der Waals surface area contributed by atoms with Gasteiger partial charge in [-0.2, -0.15) is 0 Å². The van der Waals surface area contributed by atoms with Crippen molar-refractivity contribution in [2.45, 2.75) is 25.8 Å². The van der Waals surface area contributed by atoms with Gasteiger partial charge in [0, 0.05) is 17.8 Å². The minimum atomic E-state index is -0.161. The first-order chi connectivity index (χ1) is 8.22. The van der Waals surface area contributed by atoms with Crippen molar-refractivity contribution in [2.75, 3.05) is 6.61 Å². The number of fused-ring (bicyclic) bond motifs is 1. The second kappa shape index (κ2) is 5.29. The monoisotopic (exact) mass is 253 g/mol. The molecule has 17 heavy (non-hydrogen) atoms. The van der Waals surface area contributed by atoms with Crippen molar-refractivity contribution in [3.63, 3.8) is 0 Å². The molecular formula is C11H15N3O2S. The third-order valence-electron chi connectivity index (χ3n) is 2.56. The minimum absolute atomic E-state index is 0.0273. The zero-order valence-electron chi connectivity index (χ0n) is 9.59. The Morgan fingerprint density at radius 1 is 1.71 bits per heavy atom. The van der Waals surface area contributed by atoms with Gasteiger partial charge in [0.15, 0.2) is 4.96 Å². The Morgan fingerprint density at radius 2 is 2.53 bits per heavy atom. The number of nitrogens with one attached hydrogen (secondary N) is 1. The van der Waals surface area contributed by atoms with Gasteiger partial charge in [-0.25, -0.2) is 4.98 Å². The van der Waals surface area contributed by atoms with Gasteiger partial charge in [-0.1, -0.05) is 6.92 Å². The molecule has 5 nitrogen and oxygen atoms in total. The van der Waals surface area contributed by atoms with Gasteiger partial charge >= 0.3 is 0 Å². The van der Waals surface area contributed by atoms with Crippen LogP contribution in [0.3, 0.4) is 0 Å². The highest BCUT2D eigenvalue weighted by Gasteiger charge is 2.11. The molecule has 0 saturated heterocycles. The van der Waals surface area contributed by atoms with Crippen molar-refractivity contribution in [1.29, 1.82) is 0 Å². The van der Waals surface area contributed by atoms with Crippen molar-refractivity contribution >= 4 is 22.2 Å². The zero-order chi connectivity index (χ0) is 12.3. The van der Waals surface area contributed by atoms with Crippen LogP contribution in [0.1, 0.15) is 19.0 Å². The molecular weight excluding hydrogens is 238 g/mol. The first kappa shape index (κ1) is 12.1. The summed E-state index contributed by atoms with van der Waals surface area (Å²) in [5, 5.41) is 13.7. The van der Waals surface area contributed by atoms with Gasteiger partial charge in [0.25, 0.3) is 0 Å². The maximum Gasteiger partial charge on any atom is 0.226 e. The molecule has 2 rings (SSSR count). The van der Waals surface area contributed by atoms with E-state index in [4.69, 9.17) is 5.11 Å². The quantitative estimate of drug-likeness (QED) is 0.829. The van der Waals surface area contributed by atoms with E-state index in [-0.39, 0.29) is 25.0 Å². The summed E-state index contributed by atoms with van der Waals surface area (Å²) in [6.45, 7) is 1.90. The Kier molecular flexibility index (Phi) is 3.75. The first-order valence-electron chi connectivity index (χ1n) is 5.54. The van der Waals surface area contributed by atoms with Crippen LogP contribution in [0.5, 0.6) is 0 Å². The van der Waals surface area contributed by atoms with Crippen LogP contribution >= 0.6 is 11.3 Å². The summed E-state index contributed by atoms with van der Waals surface area (Å²) in [6.07, 6.45) is 4.74. The number of imidazole rings is 1. The molecule has 2 N–H and O–H groups in total. The molecule has 0 aliphatic carbocycles. The second-order valence-corrected chi connectivity index (χ2v) is 4.73. The van der Waals surface area contributed by atoms with Crippen LogP contribution in [0.4, 0.5) is 0 Å². The third-order valence-corrected chi connectivity index (χ3v) is 3.33. The fourth-order valence-corrected chi connectivity index (χ4v) is 2.30. The summed E-state index contributed by atoms with van der Waals surface area (Å²) in [5.41, 5.74) is 0.752. The van der Waals surface area contributed by atoms with Crippen molar-refractivity contribution in [3.8, 4) is 0 Å². The fourth-order valence-electron chi connectivity index (χ4n) is 1.58. The Morgan fingerprint density at radius 3 is 3.18 bits per heavy atom. The third kappa shape index (κ3) is 2.83. The van der Waals surface area contributed by atoms with Gasteiger partial charge in [-0.3, -0.25) is 9.20 Å². The number of nitrogens with zero attached hydrogens (tertiary/aromatic N) is 2. The number of hydrogen-bond acceptors (Lipinski definition) is 4. The van der Waals surface area contributed by atoms with Crippen LogP contribution in [0.15, 0.2) is 17.8 Å². The van der Waals surface area contributed by atoms with E-state index in [1.165, 1.54) is 11.3 Å². The number of thiazole rings is 1. The van der Waals surface area contributed by atoms with Crippen LogP contribution < -0.4 is 5.32 Å². The highest BCUT2D eigenvalue weighted by atomic mass is 32.1. The summed E-state index contributed by atoms with van der Waals surface area (Å²) >= 11 is 1.54. The number of rotatable bonds is 5. The summed E-state index contributed by atoms with van der Waals surface area (Å²) in [5.74, 6) is -0.100. The van der Waals surface area contributed by atoms with Crippen LogP contribution in [-0.4, -0.2) is 33.0 Å². The Balaban J connectivity index is 1.96. The van der Waals surface area contributed by atoms with Gasteiger partial charge in [0.1, 0.15) is 0 Å². The number of aliphatic hydroxyl groups is 1. The van der Waals surface area contributed by atoms with Gasteiger partial charge in [0.2, 0.25) is 5.91 Å². The normalized spacial score (nSPS) is 12.8. The average molecular weight is 253 g/mol. The summed E-state index contributed by atoms with van der Waals surface area (Å²) in [7, 11) is 0. The highest BCUT2D eigenvalue weighted by molar-refractivity contribution is 7.15. The molecule has 0 saturated carbocycles. The van der Waals surface area contributed by atoms with Crippen LogP contribution in [0.25, 0.3) is 4.96 Å². The lowest BCUT2D eigenvalue weighted by Gasteiger charge is -2.13. The van der Waals surface area contributed by atoms with E-state index in [2.05, 4.69) is 10.3 Å². The molecule has 0 spiro atoms. The topological polar surface area (TPSA) is 66.6 Å². The molecule has 0 aliphatic rings. The van der Waals surface area contributed by atoms with E-state index in [0.717, 1.165) is 17.1 Å². The molecule has 1 atom stereocenters. The summed E-state index contributed by atoms with van der Waals surface area (Å²) < 4.78 is 1.90. The predicted molar refractivity (Wildman–Crippen MR) is 66.1 cm³/mol. The van der Waals surface area contributed by atoms with E-state index < -0.39 is 0 Å². The predicted octanol–water partition coefficient (Wildman–Crippen LogP) is 0.825. The lowest BCUT2D eigenvalue weighted by Crippen LogP contribution is -2.37. The number of aliphatic hydroxyl groups excluding tert-OH is 1. The molecule has 0 fully saturated rings. The van der Waals surface area contributed by atoms with Crippen LogP contribution in [0, 0.1) is 0 Å². The van der Waals surface area contributed by atoms with E-state index in [1.54, 1.807) is 0 Å². The van der Waals surface area contributed by atoms with E-state index >= 15 is 0 Å². The fraction of sp³-hybridized carbons (Fsp3) is 0.455. The molecule has 0 radical (unpaired) electrons. The number of hydrogen-bond donors (Lipinski definition) is 2. The van der Waals surface area contributed by atoms with Crippen LogP contribution in [-0.2, 0) is 11.2 Å². The lowest BCUT2D eigenvalue weighted by atomic mass is 10.2. The van der Waals surface area contributed by atoms with E-state index in [9.17, 15) is 4.79 Å². The molecule has 1 amide bonds. The standard InChI is InChI=1S/C11H15N3O2S/c1-2-8(7-15)12-10(16)5-9-6-14-3-4-17-11(14)13-9/h3-4,6,8,15H,2,5,7H2,1H3,(H,12,16)/t8-/m0/s1. The smallest absolute Gasteiger partial charge is 0.226 e. The molecule has 0 aliphatic heterocycles. The molecule has 0 bridgehead atoms. The second-order valence-electron chi connectivity index (χ2n) is 3.86. The van der Waals surface area contributed by atoms with Gasteiger partial charge < -0.3 is 10.4 Å². The molecule has 2 heterocycles. The first-order valence-corrected chi connectivity index (χ1v) is 6.42. The molecule has 2 aromatic heterocycles. The lowest BCUT2D eigenvalue weighted by molar-refractivity contribution is -0.121. The number of carbonyl (C=O) groups excluding carboxylic acids is 1. The molecule has 92 valence electrons.